The summed E-state index contributed by atoms with van der Waals surface area (Å²) in [5, 5.41) is 17.9. The molecule has 1 aromatic rings. The fourth-order valence-electron chi connectivity index (χ4n) is 3.17. The molecule has 0 aliphatic carbocycles. The van der Waals surface area contributed by atoms with Crippen LogP contribution in [0.2, 0.25) is 0 Å². The molecule has 2 aliphatic rings. The maximum absolute atomic E-state index is 11.1. The Morgan fingerprint density at radius 2 is 2.10 bits per heavy atom. The van der Waals surface area contributed by atoms with Crippen LogP contribution in [0, 0.1) is 10.1 Å². The van der Waals surface area contributed by atoms with Crippen molar-refractivity contribution in [3.8, 4) is 5.88 Å². The highest BCUT2D eigenvalue weighted by molar-refractivity contribution is 5.57. The van der Waals surface area contributed by atoms with Crippen molar-refractivity contribution in [3.63, 3.8) is 0 Å². The number of nitrogens with zero attached hydrogens (tertiary/aromatic N) is 2. The second-order valence-corrected chi connectivity index (χ2v) is 5.43. The summed E-state index contributed by atoms with van der Waals surface area (Å²) in [5.41, 5.74) is -0.00307. The first-order valence-electron chi connectivity index (χ1n) is 6.87. The maximum atomic E-state index is 11.1. The molecule has 2 saturated heterocycles. The SMILES string of the molecule is COc1ccc([N+](=O)[O-])c(NC2CC3CCC(C2)N3)n1. The van der Waals surface area contributed by atoms with Crippen LogP contribution >= 0.6 is 0 Å². The summed E-state index contributed by atoms with van der Waals surface area (Å²) in [6.45, 7) is 0. The molecular weight excluding hydrogens is 260 g/mol. The molecule has 0 radical (unpaired) electrons. The van der Waals surface area contributed by atoms with Gasteiger partial charge < -0.3 is 15.4 Å². The molecule has 2 N–H and O–H groups in total. The van der Waals surface area contributed by atoms with Crippen LogP contribution in [0.25, 0.3) is 0 Å². The van der Waals surface area contributed by atoms with Crippen LogP contribution in [0.1, 0.15) is 25.7 Å². The predicted octanol–water partition coefficient (Wildman–Crippen LogP) is 1.69. The van der Waals surface area contributed by atoms with E-state index < -0.39 is 4.92 Å². The Kier molecular flexibility index (Phi) is 3.43. The third kappa shape index (κ3) is 2.53. The van der Waals surface area contributed by atoms with Crippen LogP contribution in [0.5, 0.6) is 5.88 Å². The number of aromatic nitrogens is 1. The summed E-state index contributed by atoms with van der Waals surface area (Å²) in [4.78, 5) is 14.8. The number of pyridine rings is 1. The van der Waals surface area contributed by atoms with Crippen molar-refractivity contribution in [1.82, 2.24) is 10.3 Å². The number of nitrogens with one attached hydrogen (secondary N) is 2. The van der Waals surface area contributed by atoms with Crippen molar-refractivity contribution < 1.29 is 9.66 Å². The lowest BCUT2D eigenvalue weighted by Crippen LogP contribution is -2.43. The summed E-state index contributed by atoms with van der Waals surface area (Å²) in [6, 6.07) is 4.22. The Morgan fingerprint density at radius 1 is 1.40 bits per heavy atom. The molecule has 2 fully saturated rings. The lowest BCUT2D eigenvalue weighted by molar-refractivity contribution is -0.384. The minimum Gasteiger partial charge on any atom is -0.481 e. The molecule has 20 heavy (non-hydrogen) atoms. The van der Waals surface area contributed by atoms with Crippen molar-refractivity contribution in [1.29, 1.82) is 0 Å². The highest BCUT2D eigenvalue weighted by atomic mass is 16.6. The molecule has 2 aliphatic heterocycles. The number of anilines is 1. The first-order chi connectivity index (χ1) is 9.65. The van der Waals surface area contributed by atoms with Crippen LogP contribution in [-0.2, 0) is 0 Å². The third-order valence-corrected chi connectivity index (χ3v) is 4.07. The molecule has 7 nitrogen and oxygen atoms in total. The standard InChI is InChI=1S/C13H18N4O3/c1-20-12-5-4-11(17(18)19)13(16-12)15-10-6-8-2-3-9(7-10)14-8/h4-5,8-10,14H,2-3,6-7H2,1H3,(H,15,16). The van der Waals surface area contributed by atoms with E-state index >= 15 is 0 Å². The van der Waals surface area contributed by atoms with E-state index in [2.05, 4.69) is 15.6 Å². The van der Waals surface area contributed by atoms with E-state index in [-0.39, 0.29) is 11.7 Å². The average Bonchev–Trinajstić information content (AvgIpc) is 2.77. The van der Waals surface area contributed by atoms with Crippen LogP contribution in [0.15, 0.2) is 12.1 Å². The van der Waals surface area contributed by atoms with E-state index in [0.29, 0.717) is 23.8 Å². The van der Waals surface area contributed by atoms with Gasteiger partial charge in [0.25, 0.3) is 0 Å². The van der Waals surface area contributed by atoms with E-state index in [1.807, 2.05) is 0 Å². The molecule has 0 aromatic carbocycles. The number of nitro groups is 1. The number of methoxy groups -OCH3 is 1. The van der Waals surface area contributed by atoms with Crippen molar-refractivity contribution in [2.45, 2.75) is 43.8 Å². The van der Waals surface area contributed by atoms with Gasteiger partial charge in [0, 0.05) is 30.3 Å². The fourth-order valence-corrected chi connectivity index (χ4v) is 3.17. The zero-order valence-corrected chi connectivity index (χ0v) is 11.3. The first kappa shape index (κ1) is 13.1. The Labute approximate surface area is 116 Å². The van der Waals surface area contributed by atoms with Crippen molar-refractivity contribution in [3.05, 3.63) is 22.2 Å². The summed E-state index contributed by atoms with van der Waals surface area (Å²) < 4.78 is 5.05. The molecule has 1 aromatic heterocycles. The lowest BCUT2D eigenvalue weighted by Gasteiger charge is -2.29. The van der Waals surface area contributed by atoms with Gasteiger partial charge in [0.15, 0.2) is 0 Å². The molecule has 7 heteroatoms. The Balaban J connectivity index is 1.80. The Morgan fingerprint density at radius 3 is 2.70 bits per heavy atom. The molecular formula is C13H18N4O3. The van der Waals surface area contributed by atoms with E-state index in [1.54, 1.807) is 0 Å². The van der Waals surface area contributed by atoms with E-state index in [9.17, 15) is 10.1 Å². The lowest BCUT2D eigenvalue weighted by atomic mass is 10.00. The van der Waals surface area contributed by atoms with Gasteiger partial charge >= 0.3 is 5.69 Å². The third-order valence-electron chi connectivity index (χ3n) is 4.07. The average molecular weight is 278 g/mol. The second-order valence-electron chi connectivity index (χ2n) is 5.43. The van der Waals surface area contributed by atoms with Gasteiger partial charge in [-0.15, -0.1) is 0 Å². The van der Waals surface area contributed by atoms with Crippen LogP contribution < -0.4 is 15.4 Å². The first-order valence-corrected chi connectivity index (χ1v) is 6.87. The summed E-state index contributed by atoms with van der Waals surface area (Å²) >= 11 is 0. The Hall–Kier alpha value is -1.89. The fraction of sp³-hybridized carbons (Fsp3) is 0.615. The highest BCUT2D eigenvalue weighted by Crippen LogP contribution is 2.31. The number of hydrogen-bond donors (Lipinski definition) is 2. The van der Waals surface area contributed by atoms with Gasteiger partial charge in [-0.1, -0.05) is 0 Å². The predicted molar refractivity (Wildman–Crippen MR) is 74.0 cm³/mol. The van der Waals surface area contributed by atoms with Gasteiger partial charge in [0.1, 0.15) is 0 Å². The zero-order valence-electron chi connectivity index (χ0n) is 11.3. The summed E-state index contributed by atoms with van der Waals surface area (Å²) in [7, 11) is 1.50. The largest absolute Gasteiger partial charge is 0.481 e. The van der Waals surface area contributed by atoms with E-state index in [0.717, 1.165) is 12.8 Å². The summed E-state index contributed by atoms with van der Waals surface area (Å²) in [6.07, 6.45) is 4.34. The van der Waals surface area contributed by atoms with Gasteiger partial charge in [-0.2, -0.15) is 4.98 Å². The van der Waals surface area contributed by atoms with Gasteiger partial charge in [0.05, 0.1) is 12.0 Å². The summed E-state index contributed by atoms with van der Waals surface area (Å²) in [5.74, 6) is 0.690. The molecule has 2 atom stereocenters. The maximum Gasteiger partial charge on any atom is 0.311 e. The molecule has 3 heterocycles. The van der Waals surface area contributed by atoms with Gasteiger partial charge in [-0.05, 0) is 25.7 Å². The van der Waals surface area contributed by atoms with Crippen LogP contribution in [0.3, 0.4) is 0 Å². The second kappa shape index (κ2) is 5.24. The topological polar surface area (TPSA) is 89.3 Å². The quantitative estimate of drug-likeness (QED) is 0.643. The Bertz CT molecular complexity index is 510. The van der Waals surface area contributed by atoms with Crippen LogP contribution in [-0.4, -0.2) is 35.1 Å². The van der Waals surface area contributed by atoms with Crippen LogP contribution in [0.4, 0.5) is 11.5 Å². The molecule has 0 amide bonds. The monoisotopic (exact) mass is 278 g/mol. The number of ether oxygens (including phenoxy) is 1. The minimum absolute atomic E-state index is 0.00307. The molecule has 2 bridgehead atoms. The van der Waals surface area contributed by atoms with Gasteiger partial charge in [0.2, 0.25) is 11.7 Å². The van der Waals surface area contributed by atoms with Crippen molar-refractivity contribution in [2.24, 2.45) is 0 Å². The molecule has 108 valence electrons. The number of hydrogen-bond acceptors (Lipinski definition) is 6. The smallest absolute Gasteiger partial charge is 0.311 e. The van der Waals surface area contributed by atoms with Crippen molar-refractivity contribution in [2.75, 3.05) is 12.4 Å². The normalized spacial score (nSPS) is 28.1. The number of rotatable bonds is 4. The van der Waals surface area contributed by atoms with E-state index in [4.69, 9.17) is 4.74 Å². The van der Waals surface area contributed by atoms with Gasteiger partial charge in [-0.25, -0.2) is 0 Å². The molecule has 2 unspecified atom stereocenters. The molecule has 0 spiro atoms. The zero-order chi connectivity index (χ0) is 14.1. The van der Waals surface area contributed by atoms with E-state index in [1.165, 1.54) is 32.1 Å². The highest BCUT2D eigenvalue weighted by Gasteiger charge is 2.34. The van der Waals surface area contributed by atoms with Gasteiger partial charge in [-0.3, -0.25) is 10.1 Å². The van der Waals surface area contributed by atoms with Crippen molar-refractivity contribution >= 4 is 11.5 Å². The minimum atomic E-state index is -0.412. The molecule has 0 saturated carbocycles. The number of fused-ring (bicyclic) bond motifs is 2. The number of piperidine rings is 1. The molecule has 3 rings (SSSR count).